The van der Waals surface area contributed by atoms with Gasteiger partial charge in [-0.3, -0.25) is 24.6 Å². The zero-order chi connectivity index (χ0) is 20.5. The maximum absolute atomic E-state index is 12.6. The number of barbiturate groups is 1. The second kappa shape index (κ2) is 7.54. The predicted molar refractivity (Wildman–Crippen MR) is 107 cm³/mol. The van der Waals surface area contributed by atoms with Crippen molar-refractivity contribution in [3.05, 3.63) is 41.6 Å². The smallest absolute Gasteiger partial charge is 0.331 e. The standard InChI is InChI=1S/C21H22N4O4/c1-2-25-20(28)16(19(27)22-21(25)29)11-14-12-24(17-8-4-3-7-15(14)17)13-18(26)23-9-5-6-10-23/h3-4,7-8,11-12H,2,5-6,9-10,13H2,1H3,(H,22,27,29)/b16-11-. The largest absolute Gasteiger partial charge is 0.341 e. The minimum atomic E-state index is -0.713. The minimum absolute atomic E-state index is 0.0525. The van der Waals surface area contributed by atoms with Crippen LogP contribution in [0.4, 0.5) is 4.79 Å². The average molecular weight is 394 g/mol. The van der Waals surface area contributed by atoms with E-state index in [1.807, 2.05) is 33.7 Å². The lowest BCUT2D eigenvalue weighted by Gasteiger charge is -2.24. The molecule has 0 unspecified atom stereocenters. The van der Waals surface area contributed by atoms with Crippen LogP contribution >= 0.6 is 0 Å². The van der Waals surface area contributed by atoms with E-state index in [9.17, 15) is 19.2 Å². The van der Waals surface area contributed by atoms with Crippen LogP contribution in [0.1, 0.15) is 25.3 Å². The van der Waals surface area contributed by atoms with Crippen molar-refractivity contribution in [2.75, 3.05) is 19.6 Å². The van der Waals surface area contributed by atoms with Gasteiger partial charge in [-0.25, -0.2) is 4.79 Å². The number of likely N-dealkylation sites (N-methyl/N-ethyl adjacent to an activating group) is 1. The summed E-state index contributed by atoms with van der Waals surface area (Å²) in [7, 11) is 0. The number of aromatic nitrogens is 1. The van der Waals surface area contributed by atoms with Gasteiger partial charge >= 0.3 is 6.03 Å². The predicted octanol–water partition coefficient (Wildman–Crippen LogP) is 1.75. The maximum Gasteiger partial charge on any atom is 0.331 e. The van der Waals surface area contributed by atoms with E-state index in [1.165, 1.54) is 6.08 Å². The van der Waals surface area contributed by atoms with Gasteiger partial charge in [0, 0.05) is 42.3 Å². The van der Waals surface area contributed by atoms with Gasteiger partial charge in [0.25, 0.3) is 11.8 Å². The van der Waals surface area contributed by atoms with E-state index in [4.69, 9.17) is 0 Å². The lowest BCUT2D eigenvalue weighted by atomic mass is 10.1. The van der Waals surface area contributed by atoms with Gasteiger partial charge in [-0.2, -0.15) is 0 Å². The number of carbonyl (C=O) groups excluding carboxylic acids is 4. The number of para-hydroxylation sites is 1. The first-order chi connectivity index (χ1) is 14.0. The normalized spacial score (nSPS) is 18.8. The second-order valence-electron chi connectivity index (χ2n) is 7.18. The number of nitrogens with zero attached hydrogens (tertiary/aromatic N) is 3. The number of likely N-dealkylation sites (tertiary alicyclic amines) is 1. The third-order valence-electron chi connectivity index (χ3n) is 5.39. The van der Waals surface area contributed by atoms with Crippen molar-refractivity contribution < 1.29 is 19.2 Å². The summed E-state index contributed by atoms with van der Waals surface area (Å²) < 4.78 is 1.84. The number of hydrogen-bond acceptors (Lipinski definition) is 4. The van der Waals surface area contributed by atoms with Crippen LogP contribution in [0.15, 0.2) is 36.0 Å². The summed E-state index contributed by atoms with van der Waals surface area (Å²) in [6.45, 7) is 3.60. The summed E-state index contributed by atoms with van der Waals surface area (Å²) in [5, 5.41) is 3.03. The summed E-state index contributed by atoms with van der Waals surface area (Å²) in [4.78, 5) is 52.1. The highest BCUT2D eigenvalue weighted by Gasteiger charge is 2.34. The molecule has 3 heterocycles. The van der Waals surface area contributed by atoms with Crippen molar-refractivity contribution in [2.45, 2.75) is 26.3 Å². The van der Waals surface area contributed by atoms with Crippen molar-refractivity contribution in [3.8, 4) is 0 Å². The number of urea groups is 1. The number of carbonyl (C=O) groups is 4. The summed E-state index contributed by atoms with van der Waals surface area (Å²) in [6, 6.07) is 6.82. The highest BCUT2D eigenvalue weighted by molar-refractivity contribution is 6.31. The van der Waals surface area contributed by atoms with Crippen LogP contribution in [-0.2, 0) is 20.9 Å². The van der Waals surface area contributed by atoms with Gasteiger partial charge in [0.2, 0.25) is 5.91 Å². The third-order valence-corrected chi connectivity index (χ3v) is 5.39. The van der Waals surface area contributed by atoms with E-state index in [-0.39, 0.29) is 24.6 Å². The molecule has 2 saturated heterocycles. The summed E-state index contributed by atoms with van der Waals surface area (Å²) >= 11 is 0. The van der Waals surface area contributed by atoms with Crippen molar-refractivity contribution in [3.63, 3.8) is 0 Å². The molecule has 5 amide bonds. The SMILES string of the molecule is CCN1C(=O)NC(=O)/C(=C/c2cn(CC(=O)N3CCCC3)c3ccccc23)C1=O. The molecule has 1 aromatic carbocycles. The Morgan fingerprint density at radius 1 is 1.14 bits per heavy atom. The van der Waals surface area contributed by atoms with Gasteiger partial charge < -0.3 is 9.47 Å². The number of fused-ring (bicyclic) bond motifs is 1. The number of hydrogen-bond donors (Lipinski definition) is 1. The fourth-order valence-corrected chi connectivity index (χ4v) is 3.87. The number of imide groups is 2. The van der Waals surface area contributed by atoms with Gasteiger partial charge in [0.15, 0.2) is 0 Å². The van der Waals surface area contributed by atoms with E-state index in [0.717, 1.165) is 41.7 Å². The van der Waals surface area contributed by atoms with Crippen molar-refractivity contribution in [2.24, 2.45) is 0 Å². The minimum Gasteiger partial charge on any atom is -0.341 e. The van der Waals surface area contributed by atoms with Gasteiger partial charge in [0.1, 0.15) is 12.1 Å². The molecule has 29 heavy (non-hydrogen) atoms. The molecule has 1 aromatic heterocycles. The Hall–Kier alpha value is -3.42. The van der Waals surface area contributed by atoms with E-state index < -0.39 is 17.8 Å². The first kappa shape index (κ1) is 18.9. The molecule has 2 aliphatic heterocycles. The Morgan fingerprint density at radius 2 is 1.86 bits per heavy atom. The Morgan fingerprint density at radius 3 is 2.59 bits per heavy atom. The van der Waals surface area contributed by atoms with Gasteiger partial charge in [-0.1, -0.05) is 18.2 Å². The number of rotatable bonds is 4. The van der Waals surface area contributed by atoms with Crippen LogP contribution in [0.3, 0.4) is 0 Å². The lowest BCUT2D eigenvalue weighted by Crippen LogP contribution is -2.53. The molecule has 0 spiro atoms. The first-order valence-electron chi connectivity index (χ1n) is 9.74. The Labute approximate surface area is 167 Å². The van der Waals surface area contributed by atoms with Crippen LogP contribution in [-0.4, -0.2) is 57.8 Å². The second-order valence-corrected chi connectivity index (χ2v) is 7.18. The van der Waals surface area contributed by atoms with Gasteiger partial charge in [-0.15, -0.1) is 0 Å². The summed E-state index contributed by atoms with van der Waals surface area (Å²) in [6.07, 6.45) is 5.32. The van der Waals surface area contributed by atoms with Gasteiger partial charge in [0.05, 0.1) is 0 Å². The molecule has 8 nitrogen and oxygen atoms in total. The van der Waals surface area contributed by atoms with Crippen LogP contribution < -0.4 is 5.32 Å². The highest BCUT2D eigenvalue weighted by atomic mass is 16.2. The molecule has 0 radical (unpaired) electrons. The van der Waals surface area contributed by atoms with Crippen LogP contribution in [0, 0.1) is 0 Å². The van der Waals surface area contributed by atoms with E-state index >= 15 is 0 Å². The van der Waals surface area contributed by atoms with Crippen LogP contribution in [0.5, 0.6) is 0 Å². The van der Waals surface area contributed by atoms with Crippen molar-refractivity contribution in [1.82, 2.24) is 19.7 Å². The molecule has 2 fully saturated rings. The van der Waals surface area contributed by atoms with E-state index in [2.05, 4.69) is 5.32 Å². The molecular weight excluding hydrogens is 372 g/mol. The quantitative estimate of drug-likeness (QED) is 0.632. The fourth-order valence-electron chi connectivity index (χ4n) is 3.87. The molecule has 150 valence electrons. The molecule has 0 aliphatic carbocycles. The first-order valence-corrected chi connectivity index (χ1v) is 9.74. The Bertz CT molecular complexity index is 1050. The molecule has 0 atom stereocenters. The molecular formula is C21H22N4O4. The molecule has 2 aliphatic rings. The van der Waals surface area contributed by atoms with E-state index in [0.29, 0.717) is 5.56 Å². The van der Waals surface area contributed by atoms with Crippen molar-refractivity contribution >= 4 is 40.7 Å². The zero-order valence-electron chi connectivity index (χ0n) is 16.2. The highest BCUT2D eigenvalue weighted by Crippen LogP contribution is 2.25. The van der Waals surface area contributed by atoms with Crippen LogP contribution in [0.25, 0.3) is 17.0 Å². The monoisotopic (exact) mass is 394 g/mol. The molecule has 0 saturated carbocycles. The van der Waals surface area contributed by atoms with Crippen LogP contribution in [0.2, 0.25) is 0 Å². The topological polar surface area (TPSA) is 91.7 Å². The molecule has 0 bridgehead atoms. The molecule has 4 rings (SSSR count). The number of benzene rings is 1. The summed E-state index contributed by atoms with van der Waals surface area (Å²) in [5.74, 6) is -1.28. The number of amides is 5. The van der Waals surface area contributed by atoms with Crippen molar-refractivity contribution in [1.29, 1.82) is 0 Å². The van der Waals surface area contributed by atoms with Gasteiger partial charge in [-0.05, 0) is 31.9 Å². The third kappa shape index (κ3) is 3.41. The Kier molecular flexibility index (Phi) is 4.92. The molecule has 2 aromatic rings. The molecule has 1 N–H and O–H groups in total. The lowest BCUT2D eigenvalue weighted by molar-refractivity contribution is -0.131. The fraction of sp³-hybridized carbons (Fsp3) is 0.333. The maximum atomic E-state index is 12.6. The molecule has 8 heteroatoms. The Balaban J connectivity index is 1.71. The van der Waals surface area contributed by atoms with E-state index in [1.54, 1.807) is 13.1 Å². The summed E-state index contributed by atoms with van der Waals surface area (Å²) in [5.41, 5.74) is 1.40. The average Bonchev–Trinajstić information content (AvgIpc) is 3.34. The zero-order valence-corrected chi connectivity index (χ0v) is 16.2. The number of nitrogens with one attached hydrogen (secondary N) is 1.